The van der Waals surface area contributed by atoms with E-state index in [2.05, 4.69) is 18.8 Å². The van der Waals surface area contributed by atoms with Gasteiger partial charge in [0.2, 0.25) is 0 Å². The van der Waals surface area contributed by atoms with Crippen LogP contribution in [0, 0.1) is 0 Å². The second kappa shape index (κ2) is 4.86. The fourth-order valence-electron chi connectivity index (χ4n) is 0.626. The number of thioether (sulfide) groups is 1. The van der Waals surface area contributed by atoms with Crippen LogP contribution in [-0.2, 0) is 0 Å². The molecule has 1 unspecified atom stereocenters. The first kappa shape index (κ1) is 9.02. The molecule has 0 radical (unpaired) electrons. The summed E-state index contributed by atoms with van der Waals surface area (Å²) in [5.41, 5.74) is 0. The predicted molar refractivity (Wildman–Crippen MR) is 46.4 cm³/mol. The van der Waals surface area contributed by atoms with Gasteiger partial charge >= 0.3 is 0 Å². The third kappa shape index (κ3) is 3.57. The van der Waals surface area contributed by atoms with Crippen LogP contribution in [0.4, 0.5) is 0 Å². The van der Waals surface area contributed by atoms with E-state index in [0.29, 0.717) is 6.04 Å². The number of aliphatic imine (C=N–C) groups is 1. The van der Waals surface area contributed by atoms with E-state index in [1.165, 1.54) is 10.8 Å². The lowest BCUT2D eigenvalue weighted by molar-refractivity contribution is 0.865. The first-order chi connectivity index (χ1) is 4.29. The van der Waals surface area contributed by atoms with Crippen molar-refractivity contribution in [3.05, 3.63) is 0 Å². The SMILES string of the molecule is CC.CC1=NC(C)CS1. The molecule has 2 heteroatoms. The summed E-state index contributed by atoms with van der Waals surface area (Å²) in [6.07, 6.45) is 0. The van der Waals surface area contributed by atoms with Gasteiger partial charge in [-0.3, -0.25) is 4.99 Å². The smallest absolute Gasteiger partial charge is 0.0649 e. The molecule has 0 aliphatic carbocycles. The molecule has 0 saturated carbocycles. The highest BCUT2D eigenvalue weighted by molar-refractivity contribution is 8.14. The topological polar surface area (TPSA) is 12.4 Å². The molecule has 9 heavy (non-hydrogen) atoms. The first-order valence-electron chi connectivity index (χ1n) is 3.46. The largest absolute Gasteiger partial charge is 0.279 e. The molecule has 1 heterocycles. The van der Waals surface area contributed by atoms with Gasteiger partial charge in [0.05, 0.1) is 11.1 Å². The van der Waals surface area contributed by atoms with Gasteiger partial charge in [0.25, 0.3) is 0 Å². The van der Waals surface area contributed by atoms with Crippen molar-refractivity contribution in [2.75, 3.05) is 5.75 Å². The minimum Gasteiger partial charge on any atom is -0.279 e. The van der Waals surface area contributed by atoms with Crippen molar-refractivity contribution in [3.63, 3.8) is 0 Å². The molecular formula is C7H15NS. The average Bonchev–Trinajstić information content (AvgIpc) is 2.20. The Morgan fingerprint density at radius 2 is 2.11 bits per heavy atom. The summed E-state index contributed by atoms with van der Waals surface area (Å²) >= 11 is 1.86. The number of hydrogen-bond acceptors (Lipinski definition) is 2. The fraction of sp³-hybridized carbons (Fsp3) is 0.857. The minimum absolute atomic E-state index is 0.574. The minimum atomic E-state index is 0.574. The third-order valence-electron chi connectivity index (χ3n) is 0.936. The maximum Gasteiger partial charge on any atom is 0.0649 e. The molecule has 0 spiro atoms. The molecule has 0 fully saturated rings. The van der Waals surface area contributed by atoms with Crippen molar-refractivity contribution in [1.82, 2.24) is 0 Å². The summed E-state index contributed by atoms with van der Waals surface area (Å²) in [4.78, 5) is 4.27. The molecule has 1 nitrogen and oxygen atoms in total. The fourth-order valence-corrected chi connectivity index (χ4v) is 1.44. The Bertz CT molecular complexity index is 99.1. The van der Waals surface area contributed by atoms with Gasteiger partial charge in [0.1, 0.15) is 0 Å². The molecular weight excluding hydrogens is 130 g/mol. The van der Waals surface area contributed by atoms with Gasteiger partial charge < -0.3 is 0 Å². The predicted octanol–water partition coefficient (Wildman–Crippen LogP) is 2.57. The zero-order chi connectivity index (χ0) is 7.28. The van der Waals surface area contributed by atoms with Crippen molar-refractivity contribution in [1.29, 1.82) is 0 Å². The summed E-state index contributed by atoms with van der Waals surface area (Å²) in [6.45, 7) is 8.21. The number of hydrogen-bond donors (Lipinski definition) is 0. The van der Waals surface area contributed by atoms with Crippen LogP contribution in [0.15, 0.2) is 4.99 Å². The molecule has 54 valence electrons. The van der Waals surface area contributed by atoms with Crippen LogP contribution in [0.2, 0.25) is 0 Å². The van der Waals surface area contributed by atoms with E-state index < -0.39 is 0 Å². The Morgan fingerprint density at radius 3 is 2.22 bits per heavy atom. The standard InChI is InChI=1S/C5H9NS.C2H6/c1-4-3-7-5(2)6-4;1-2/h4H,3H2,1-2H3;1-2H3. The van der Waals surface area contributed by atoms with Crippen LogP contribution in [0.1, 0.15) is 27.7 Å². The van der Waals surface area contributed by atoms with E-state index in [4.69, 9.17) is 0 Å². The number of rotatable bonds is 0. The molecule has 0 aromatic rings. The highest BCUT2D eigenvalue weighted by Crippen LogP contribution is 2.15. The van der Waals surface area contributed by atoms with Crippen LogP contribution in [-0.4, -0.2) is 16.8 Å². The lowest BCUT2D eigenvalue weighted by Gasteiger charge is -1.87. The quantitative estimate of drug-likeness (QED) is 0.510. The van der Waals surface area contributed by atoms with Gasteiger partial charge in [-0.1, -0.05) is 13.8 Å². The highest BCUT2D eigenvalue weighted by atomic mass is 32.2. The first-order valence-corrected chi connectivity index (χ1v) is 4.45. The van der Waals surface area contributed by atoms with Crippen LogP contribution in [0.3, 0.4) is 0 Å². The third-order valence-corrected chi connectivity index (χ3v) is 2.11. The summed E-state index contributed by atoms with van der Waals surface area (Å²) in [7, 11) is 0. The maximum absolute atomic E-state index is 4.27. The molecule has 0 bridgehead atoms. The molecule has 0 N–H and O–H groups in total. The molecule has 1 rings (SSSR count). The monoisotopic (exact) mass is 145 g/mol. The molecule has 0 aromatic heterocycles. The van der Waals surface area contributed by atoms with Gasteiger partial charge in [-0.2, -0.15) is 0 Å². The zero-order valence-electron chi connectivity index (χ0n) is 6.64. The second-order valence-corrected chi connectivity index (χ2v) is 3.02. The summed E-state index contributed by atoms with van der Waals surface area (Å²) in [5.74, 6) is 1.19. The van der Waals surface area contributed by atoms with Gasteiger partial charge in [0.15, 0.2) is 0 Å². The van der Waals surface area contributed by atoms with E-state index >= 15 is 0 Å². The van der Waals surface area contributed by atoms with E-state index in [-0.39, 0.29) is 0 Å². The maximum atomic E-state index is 4.27. The molecule has 1 atom stereocenters. The van der Waals surface area contributed by atoms with Gasteiger partial charge in [0, 0.05) is 5.75 Å². The molecule has 0 aromatic carbocycles. The molecule has 0 saturated heterocycles. The Morgan fingerprint density at radius 1 is 1.56 bits per heavy atom. The molecule has 1 aliphatic rings. The Hall–Kier alpha value is 0.0200. The zero-order valence-corrected chi connectivity index (χ0v) is 7.46. The Labute approximate surface area is 61.9 Å². The van der Waals surface area contributed by atoms with Crippen molar-refractivity contribution in [2.24, 2.45) is 4.99 Å². The van der Waals surface area contributed by atoms with Crippen LogP contribution in [0.5, 0.6) is 0 Å². The van der Waals surface area contributed by atoms with Crippen LogP contribution < -0.4 is 0 Å². The normalized spacial score (nSPS) is 24.4. The van der Waals surface area contributed by atoms with Crippen molar-refractivity contribution < 1.29 is 0 Å². The summed E-state index contributed by atoms with van der Waals surface area (Å²) in [5, 5.41) is 1.24. The Balaban J connectivity index is 0.000000291. The lowest BCUT2D eigenvalue weighted by atomic mass is 10.4. The van der Waals surface area contributed by atoms with E-state index in [1.54, 1.807) is 0 Å². The summed E-state index contributed by atoms with van der Waals surface area (Å²) < 4.78 is 0. The van der Waals surface area contributed by atoms with Gasteiger partial charge in [-0.15, -0.1) is 11.8 Å². The van der Waals surface area contributed by atoms with Crippen LogP contribution in [0.25, 0.3) is 0 Å². The average molecular weight is 145 g/mol. The van der Waals surface area contributed by atoms with Crippen molar-refractivity contribution in [3.8, 4) is 0 Å². The molecule has 0 amide bonds. The van der Waals surface area contributed by atoms with Crippen molar-refractivity contribution >= 4 is 16.8 Å². The number of nitrogens with zero attached hydrogens (tertiary/aromatic N) is 1. The van der Waals surface area contributed by atoms with E-state index in [0.717, 1.165) is 0 Å². The second-order valence-electron chi connectivity index (χ2n) is 1.81. The van der Waals surface area contributed by atoms with Crippen molar-refractivity contribution in [2.45, 2.75) is 33.7 Å². The van der Waals surface area contributed by atoms with Crippen LogP contribution >= 0.6 is 11.8 Å². The van der Waals surface area contributed by atoms with E-state index in [9.17, 15) is 0 Å². The molecule has 1 aliphatic heterocycles. The Kier molecular flexibility index (Phi) is 4.87. The summed E-state index contributed by atoms with van der Waals surface area (Å²) in [6, 6.07) is 0.574. The lowest BCUT2D eigenvalue weighted by Crippen LogP contribution is -1.92. The highest BCUT2D eigenvalue weighted by Gasteiger charge is 2.07. The van der Waals surface area contributed by atoms with Gasteiger partial charge in [-0.05, 0) is 13.8 Å². The van der Waals surface area contributed by atoms with Gasteiger partial charge in [-0.25, -0.2) is 0 Å². The van der Waals surface area contributed by atoms with E-state index in [1.807, 2.05) is 25.6 Å².